The summed E-state index contributed by atoms with van der Waals surface area (Å²) in [5, 5.41) is 2.89. The smallest absolute Gasteiger partial charge is 0.267 e. The van der Waals surface area contributed by atoms with Crippen molar-refractivity contribution in [2.45, 2.75) is 12.5 Å². The number of hydrogen-bond acceptors (Lipinski definition) is 2. The van der Waals surface area contributed by atoms with Gasteiger partial charge in [0.05, 0.1) is 0 Å². The molecule has 0 bridgehead atoms. The lowest BCUT2D eigenvalue weighted by Gasteiger charge is -2.12. The molecule has 1 aromatic carbocycles. The third-order valence-electron chi connectivity index (χ3n) is 3.17. The van der Waals surface area contributed by atoms with Crippen molar-refractivity contribution in [2.75, 3.05) is 6.54 Å². The Morgan fingerprint density at radius 1 is 1.40 bits per heavy atom. The molecule has 1 amide bonds. The summed E-state index contributed by atoms with van der Waals surface area (Å²) in [6, 6.07) is 11.6. The minimum Gasteiger partial charge on any atom is -0.351 e. The van der Waals surface area contributed by atoms with Gasteiger partial charge >= 0.3 is 0 Å². The molecule has 0 spiro atoms. The maximum atomic E-state index is 12.0. The average molecular weight is 336 g/mol. The van der Waals surface area contributed by atoms with Crippen molar-refractivity contribution in [2.24, 2.45) is 12.8 Å². The van der Waals surface area contributed by atoms with Crippen LogP contribution < -0.4 is 11.1 Å². The highest BCUT2D eigenvalue weighted by Gasteiger charge is 2.11. The van der Waals surface area contributed by atoms with E-state index in [9.17, 15) is 4.79 Å². The quantitative estimate of drug-likeness (QED) is 0.882. The molecule has 0 fully saturated rings. The van der Waals surface area contributed by atoms with E-state index in [1.807, 2.05) is 43.6 Å². The molecule has 0 aliphatic heterocycles. The van der Waals surface area contributed by atoms with Gasteiger partial charge in [-0.1, -0.05) is 30.3 Å². The lowest BCUT2D eigenvalue weighted by molar-refractivity contribution is 0.0944. The van der Waals surface area contributed by atoms with E-state index < -0.39 is 0 Å². The molecule has 1 atom stereocenters. The van der Waals surface area contributed by atoms with Gasteiger partial charge in [-0.3, -0.25) is 4.79 Å². The normalized spacial score (nSPS) is 12.2. The molecule has 3 N–H and O–H groups in total. The van der Waals surface area contributed by atoms with Crippen molar-refractivity contribution >= 4 is 21.8 Å². The number of carbonyl (C=O) groups excluding carboxylic acids is 1. The van der Waals surface area contributed by atoms with E-state index in [0.717, 1.165) is 10.0 Å². The van der Waals surface area contributed by atoms with Crippen molar-refractivity contribution in [3.05, 3.63) is 58.3 Å². The molecule has 0 saturated carbocycles. The number of rotatable bonds is 5. The van der Waals surface area contributed by atoms with E-state index in [4.69, 9.17) is 5.73 Å². The summed E-state index contributed by atoms with van der Waals surface area (Å²) >= 11 is 3.35. The predicted molar refractivity (Wildman–Crippen MR) is 83.4 cm³/mol. The summed E-state index contributed by atoms with van der Waals surface area (Å²) in [5.74, 6) is -0.0848. The fraction of sp³-hybridized carbons (Fsp3) is 0.267. The summed E-state index contributed by atoms with van der Waals surface area (Å²) in [6.45, 7) is 0.553. The average Bonchev–Trinajstić information content (AvgIpc) is 2.78. The zero-order chi connectivity index (χ0) is 14.5. The maximum Gasteiger partial charge on any atom is 0.267 e. The Morgan fingerprint density at radius 3 is 2.70 bits per heavy atom. The fourth-order valence-corrected chi connectivity index (χ4v) is 2.57. The van der Waals surface area contributed by atoms with Gasteiger partial charge in [-0.15, -0.1) is 0 Å². The van der Waals surface area contributed by atoms with Crippen LogP contribution >= 0.6 is 15.9 Å². The number of carbonyl (C=O) groups is 1. The first-order chi connectivity index (χ1) is 9.58. The third kappa shape index (κ3) is 3.71. The van der Waals surface area contributed by atoms with Crippen molar-refractivity contribution in [1.82, 2.24) is 9.88 Å². The topological polar surface area (TPSA) is 60.0 Å². The van der Waals surface area contributed by atoms with Crippen LogP contribution in [0, 0.1) is 0 Å². The van der Waals surface area contributed by atoms with E-state index in [-0.39, 0.29) is 11.9 Å². The number of aromatic nitrogens is 1. The van der Waals surface area contributed by atoms with E-state index >= 15 is 0 Å². The molecule has 1 aromatic heterocycles. The van der Waals surface area contributed by atoms with E-state index in [2.05, 4.69) is 21.2 Å². The van der Waals surface area contributed by atoms with Gasteiger partial charge in [0.25, 0.3) is 5.91 Å². The van der Waals surface area contributed by atoms with E-state index in [0.29, 0.717) is 18.7 Å². The highest BCUT2D eigenvalue weighted by molar-refractivity contribution is 9.10. The van der Waals surface area contributed by atoms with Crippen LogP contribution in [0.25, 0.3) is 0 Å². The molecule has 0 radical (unpaired) electrons. The number of nitrogens with zero attached hydrogens (tertiary/aromatic N) is 1. The lowest BCUT2D eigenvalue weighted by Crippen LogP contribution is -2.28. The summed E-state index contributed by atoms with van der Waals surface area (Å²) in [5.41, 5.74) is 7.81. The molecule has 5 heteroatoms. The molecular formula is C15H18BrN3O. The summed E-state index contributed by atoms with van der Waals surface area (Å²) in [7, 11) is 1.84. The first-order valence-corrected chi connectivity index (χ1v) is 7.28. The van der Waals surface area contributed by atoms with Crippen molar-refractivity contribution in [3.63, 3.8) is 0 Å². The molecule has 0 saturated heterocycles. The van der Waals surface area contributed by atoms with Gasteiger partial charge in [-0.2, -0.15) is 0 Å². The molecule has 106 valence electrons. The largest absolute Gasteiger partial charge is 0.351 e. The minimum atomic E-state index is -0.0848. The number of nitrogens with one attached hydrogen (secondary N) is 1. The Hall–Kier alpha value is -1.59. The number of benzene rings is 1. The molecule has 1 unspecified atom stereocenters. The van der Waals surface area contributed by atoms with Gasteiger partial charge in [0.2, 0.25) is 0 Å². The monoisotopic (exact) mass is 335 g/mol. The van der Waals surface area contributed by atoms with Crippen molar-refractivity contribution in [1.29, 1.82) is 0 Å². The highest BCUT2D eigenvalue weighted by Crippen LogP contribution is 2.14. The maximum absolute atomic E-state index is 12.0. The zero-order valence-corrected chi connectivity index (χ0v) is 12.9. The van der Waals surface area contributed by atoms with Crippen LogP contribution in [0.5, 0.6) is 0 Å². The molecule has 0 aliphatic carbocycles. The molecule has 2 aromatic rings. The first kappa shape index (κ1) is 14.8. The number of nitrogens with two attached hydrogens (primary N) is 1. The Labute approximate surface area is 127 Å². The zero-order valence-electron chi connectivity index (χ0n) is 11.3. The van der Waals surface area contributed by atoms with E-state index in [1.54, 1.807) is 10.6 Å². The standard InChI is InChI=1S/C15H18BrN3O/c1-19-10-12(16)9-14(19)15(20)18-8-7-13(17)11-5-3-2-4-6-11/h2-6,9-10,13H,7-8,17H2,1H3,(H,18,20). The second-order valence-corrected chi connectivity index (χ2v) is 5.63. The van der Waals surface area contributed by atoms with Crippen LogP contribution in [0.4, 0.5) is 0 Å². The molecule has 4 nitrogen and oxygen atoms in total. The Bertz CT molecular complexity index is 580. The number of aryl methyl sites for hydroxylation is 1. The Kier molecular flexibility index (Phi) is 4.98. The highest BCUT2D eigenvalue weighted by atomic mass is 79.9. The van der Waals surface area contributed by atoms with Crippen LogP contribution in [-0.4, -0.2) is 17.0 Å². The number of hydrogen-bond donors (Lipinski definition) is 2. The van der Waals surface area contributed by atoms with Crippen LogP contribution in [-0.2, 0) is 7.05 Å². The molecule has 1 heterocycles. The number of amides is 1. The molecule has 0 aliphatic rings. The van der Waals surface area contributed by atoms with Gasteiger partial charge in [0.1, 0.15) is 5.69 Å². The Morgan fingerprint density at radius 2 is 2.10 bits per heavy atom. The SMILES string of the molecule is Cn1cc(Br)cc1C(=O)NCCC(N)c1ccccc1. The van der Waals surface area contributed by atoms with E-state index in [1.165, 1.54) is 0 Å². The van der Waals surface area contributed by atoms with Gasteiger partial charge in [-0.25, -0.2) is 0 Å². The molecular weight excluding hydrogens is 318 g/mol. The van der Waals surface area contributed by atoms with Crippen molar-refractivity contribution < 1.29 is 4.79 Å². The van der Waals surface area contributed by atoms with Gasteiger partial charge in [0.15, 0.2) is 0 Å². The predicted octanol–water partition coefficient (Wildman–Crippen LogP) is 2.61. The van der Waals surface area contributed by atoms with Gasteiger partial charge < -0.3 is 15.6 Å². The molecule has 20 heavy (non-hydrogen) atoms. The van der Waals surface area contributed by atoms with Crippen LogP contribution in [0.15, 0.2) is 47.1 Å². The second-order valence-electron chi connectivity index (χ2n) is 4.72. The van der Waals surface area contributed by atoms with Crippen molar-refractivity contribution in [3.8, 4) is 0 Å². The third-order valence-corrected chi connectivity index (χ3v) is 3.61. The lowest BCUT2D eigenvalue weighted by atomic mass is 10.1. The fourth-order valence-electron chi connectivity index (χ4n) is 2.05. The summed E-state index contributed by atoms with van der Waals surface area (Å²) < 4.78 is 2.68. The van der Waals surface area contributed by atoms with Gasteiger partial charge in [0, 0.05) is 30.3 Å². The van der Waals surface area contributed by atoms with Crippen LogP contribution in [0.1, 0.15) is 28.5 Å². The summed E-state index contributed by atoms with van der Waals surface area (Å²) in [6.07, 6.45) is 2.56. The Balaban J connectivity index is 1.84. The second kappa shape index (κ2) is 6.72. The first-order valence-electron chi connectivity index (χ1n) is 6.48. The van der Waals surface area contributed by atoms with Crippen LogP contribution in [0.2, 0.25) is 0 Å². The number of halogens is 1. The summed E-state index contributed by atoms with van der Waals surface area (Å²) in [4.78, 5) is 12.0. The molecule has 2 rings (SSSR count). The minimum absolute atomic E-state index is 0.0587. The van der Waals surface area contributed by atoms with Gasteiger partial charge in [-0.05, 0) is 34.0 Å². The van der Waals surface area contributed by atoms with Crippen LogP contribution in [0.3, 0.4) is 0 Å².